The number of hydrogen-bond donors (Lipinski definition) is 6. The molecular weight excluding hydrogens is 811 g/mol. The van der Waals surface area contributed by atoms with E-state index >= 15 is 0 Å². The number of methoxy groups -OCH3 is 2. The fourth-order valence-corrected chi connectivity index (χ4v) is 8.30. The van der Waals surface area contributed by atoms with Gasteiger partial charge in [-0.05, 0) is 86.8 Å². The molecule has 0 spiro atoms. The fraction of sp³-hybridized carbons (Fsp3) is 0.476. The Kier molecular flexibility index (Phi) is 14.3. The molecule has 60 heavy (non-hydrogen) atoms. The SMILES string of the molecule is COc1ccc(CNc2nc(N3CCN(c4ncc(C(=O)NC5CCC(O)CC5)c(NCc5ccc(OC)c(Cl)c5)n4)CC3)ncc2C(=O)NC2CCC(O)CC2)cc1Cl. The molecule has 3 aliphatic rings. The van der Waals surface area contributed by atoms with Gasteiger partial charge in [0.05, 0.1) is 36.5 Å². The highest BCUT2D eigenvalue weighted by Crippen LogP contribution is 2.29. The Bertz CT molecular complexity index is 1980. The summed E-state index contributed by atoms with van der Waals surface area (Å²) in [6, 6.07) is 10.9. The van der Waals surface area contributed by atoms with Gasteiger partial charge in [-0.3, -0.25) is 9.59 Å². The van der Waals surface area contributed by atoms with Crippen molar-refractivity contribution in [2.45, 2.75) is 88.7 Å². The number of hydrogen-bond acceptors (Lipinski definition) is 14. The van der Waals surface area contributed by atoms with E-state index in [9.17, 15) is 19.8 Å². The average molecular weight is 864 g/mol. The summed E-state index contributed by atoms with van der Waals surface area (Å²) in [5.41, 5.74) is 2.39. The van der Waals surface area contributed by atoms with Gasteiger partial charge in [0, 0.05) is 63.7 Å². The Morgan fingerprint density at radius 2 is 1.03 bits per heavy atom. The molecule has 1 saturated heterocycles. The largest absolute Gasteiger partial charge is 0.495 e. The molecule has 2 amide bonds. The van der Waals surface area contributed by atoms with Crippen molar-refractivity contribution in [2.24, 2.45) is 0 Å². The molecule has 320 valence electrons. The molecule has 3 heterocycles. The number of carbonyl (C=O) groups excluding carboxylic acids is 2. The number of aromatic nitrogens is 4. The lowest BCUT2D eigenvalue weighted by Crippen LogP contribution is -2.48. The van der Waals surface area contributed by atoms with E-state index in [2.05, 4.69) is 31.2 Å². The third kappa shape index (κ3) is 10.8. The van der Waals surface area contributed by atoms with Crippen LogP contribution in [0.15, 0.2) is 48.8 Å². The van der Waals surface area contributed by atoms with Gasteiger partial charge in [0.2, 0.25) is 11.9 Å². The number of halogens is 2. The van der Waals surface area contributed by atoms with Crippen LogP contribution < -0.4 is 40.5 Å². The van der Waals surface area contributed by atoms with Crippen LogP contribution >= 0.6 is 23.2 Å². The Hall–Kier alpha value is -5.16. The van der Waals surface area contributed by atoms with E-state index in [1.54, 1.807) is 50.9 Å². The normalized spacial score (nSPS) is 20.6. The number of ether oxygens (including phenoxy) is 2. The number of anilines is 4. The highest BCUT2D eigenvalue weighted by atomic mass is 35.5. The van der Waals surface area contributed by atoms with Crippen LogP contribution in [0.25, 0.3) is 0 Å². The molecule has 4 aromatic rings. The number of piperazine rings is 1. The van der Waals surface area contributed by atoms with Gasteiger partial charge < -0.3 is 50.8 Å². The summed E-state index contributed by atoms with van der Waals surface area (Å²) in [6.45, 7) is 2.85. The molecule has 2 aromatic heterocycles. The molecular formula is C42H52Cl2N10O6. The van der Waals surface area contributed by atoms with Gasteiger partial charge in [0.15, 0.2) is 0 Å². The van der Waals surface area contributed by atoms with Crippen LogP contribution in [0.1, 0.15) is 83.2 Å². The van der Waals surface area contributed by atoms with Gasteiger partial charge in [-0.25, -0.2) is 9.97 Å². The van der Waals surface area contributed by atoms with Crippen LogP contribution in [0, 0.1) is 0 Å². The number of aliphatic hydroxyl groups is 2. The van der Waals surface area contributed by atoms with Crippen molar-refractivity contribution in [3.05, 3.63) is 81.1 Å². The van der Waals surface area contributed by atoms with Crippen LogP contribution in [0.3, 0.4) is 0 Å². The van der Waals surface area contributed by atoms with Gasteiger partial charge in [-0.2, -0.15) is 9.97 Å². The molecule has 18 heteroatoms. The smallest absolute Gasteiger partial charge is 0.256 e. The van der Waals surface area contributed by atoms with E-state index in [0.29, 0.717) is 147 Å². The Labute approximate surface area is 359 Å². The second-order valence-electron chi connectivity index (χ2n) is 15.4. The minimum Gasteiger partial charge on any atom is -0.495 e. The highest BCUT2D eigenvalue weighted by Gasteiger charge is 2.28. The van der Waals surface area contributed by atoms with E-state index in [1.807, 2.05) is 21.9 Å². The summed E-state index contributed by atoms with van der Waals surface area (Å²) < 4.78 is 10.6. The summed E-state index contributed by atoms with van der Waals surface area (Å²) >= 11 is 12.8. The molecule has 2 aromatic carbocycles. The van der Waals surface area contributed by atoms with Crippen LogP contribution in [0.5, 0.6) is 11.5 Å². The lowest BCUT2D eigenvalue weighted by atomic mass is 9.93. The van der Waals surface area contributed by atoms with Crippen molar-refractivity contribution >= 4 is 58.5 Å². The third-order valence-electron chi connectivity index (χ3n) is 11.3. The first-order valence-electron chi connectivity index (χ1n) is 20.4. The summed E-state index contributed by atoms with van der Waals surface area (Å²) in [6.07, 6.45) is 7.81. The van der Waals surface area contributed by atoms with Crippen molar-refractivity contribution in [3.63, 3.8) is 0 Å². The van der Waals surface area contributed by atoms with E-state index in [-0.39, 0.29) is 36.1 Å². The third-order valence-corrected chi connectivity index (χ3v) is 11.9. The van der Waals surface area contributed by atoms with E-state index in [1.165, 1.54) is 0 Å². The lowest BCUT2D eigenvalue weighted by molar-refractivity contribution is 0.0863. The maximum Gasteiger partial charge on any atom is 0.256 e. The summed E-state index contributed by atoms with van der Waals surface area (Å²) in [5.74, 6) is 2.27. The number of nitrogens with one attached hydrogen (secondary N) is 4. The van der Waals surface area contributed by atoms with Gasteiger partial charge in [-0.15, -0.1) is 0 Å². The average Bonchev–Trinajstić information content (AvgIpc) is 3.26. The van der Waals surface area contributed by atoms with Gasteiger partial charge >= 0.3 is 0 Å². The lowest BCUT2D eigenvalue weighted by Gasteiger charge is -2.35. The topological polar surface area (TPSA) is 199 Å². The maximum absolute atomic E-state index is 13.6. The molecule has 7 rings (SSSR count). The molecule has 16 nitrogen and oxygen atoms in total. The van der Waals surface area contributed by atoms with Crippen molar-refractivity contribution in [3.8, 4) is 11.5 Å². The highest BCUT2D eigenvalue weighted by molar-refractivity contribution is 6.32. The number of aliphatic hydroxyl groups excluding tert-OH is 2. The Balaban J connectivity index is 1.06. The van der Waals surface area contributed by atoms with Gasteiger partial charge in [-0.1, -0.05) is 35.3 Å². The summed E-state index contributed by atoms with van der Waals surface area (Å²) in [5, 5.41) is 33.8. The minimum absolute atomic E-state index is 0.0453. The fourth-order valence-electron chi connectivity index (χ4n) is 7.74. The zero-order valence-corrected chi connectivity index (χ0v) is 35.3. The first-order valence-corrected chi connectivity index (χ1v) is 21.2. The van der Waals surface area contributed by atoms with E-state index < -0.39 is 0 Å². The number of benzene rings is 2. The Morgan fingerprint density at radius 3 is 1.38 bits per heavy atom. The van der Waals surface area contributed by atoms with Crippen molar-refractivity contribution in [1.29, 1.82) is 0 Å². The second-order valence-corrected chi connectivity index (χ2v) is 16.3. The first kappa shape index (κ1) is 42.9. The zero-order chi connectivity index (χ0) is 42.2. The van der Waals surface area contributed by atoms with Crippen LogP contribution in [-0.2, 0) is 13.1 Å². The first-order chi connectivity index (χ1) is 29.1. The van der Waals surface area contributed by atoms with Crippen molar-refractivity contribution in [2.75, 3.05) is 60.8 Å². The number of nitrogens with zero attached hydrogens (tertiary/aromatic N) is 6. The molecule has 2 saturated carbocycles. The van der Waals surface area contributed by atoms with Crippen molar-refractivity contribution < 1.29 is 29.3 Å². The zero-order valence-electron chi connectivity index (χ0n) is 33.8. The Morgan fingerprint density at radius 1 is 0.650 bits per heavy atom. The minimum atomic E-state index is -0.334. The predicted molar refractivity (Wildman–Crippen MR) is 231 cm³/mol. The molecule has 6 N–H and O–H groups in total. The predicted octanol–water partition coefficient (Wildman–Crippen LogP) is 5.21. The second kappa shape index (κ2) is 19.9. The van der Waals surface area contributed by atoms with E-state index in [4.69, 9.17) is 42.6 Å². The van der Waals surface area contributed by atoms with E-state index in [0.717, 1.165) is 11.1 Å². The number of rotatable bonds is 14. The molecule has 0 atom stereocenters. The number of carbonyl (C=O) groups is 2. The molecule has 0 radical (unpaired) electrons. The van der Waals surface area contributed by atoms with Gasteiger partial charge in [0.25, 0.3) is 11.8 Å². The number of amides is 2. The van der Waals surface area contributed by atoms with Crippen molar-refractivity contribution in [1.82, 2.24) is 30.6 Å². The van der Waals surface area contributed by atoms with Gasteiger partial charge in [0.1, 0.15) is 34.3 Å². The van der Waals surface area contributed by atoms with Crippen LogP contribution in [0.4, 0.5) is 23.5 Å². The maximum atomic E-state index is 13.6. The molecule has 0 unspecified atom stereocenters. The summed E-state index contributed by atoms with van der Waals surface area (Å²) in [7, 11) is 3.12. The molecule has 0 bridgehead atoms. The standard InChI is InChI=1S/C42H52Cl2N10O6/c1-59-35-13-3-25(19-33(35)43)21-45-37-31(39(57)49-27-5-9-29(55)10-6-27)23-47-41(51-37)53-15-17-54(18-16-53)42-48-24-32(40(58)50-28-7-11-30(56)12-8-28)38(52-42)46-22-26-4-14-36(60-2)34(44)20-26/h3-4,13-14,19-20,23-24,27-30,55-56H,5-12,15-18,21-22H2,1-2H3,(H,49,57)(H,50,58)(H,45,47,51)(H,46,48,52). The molecule has 3 fully saturated rings. The summed E-state index contributed by atoms with van der Waals surface area (Å²) in [4.78, 5) is 50.3. The van der Waals surface area contributed by atoms with Crippen LogP contribution in [0.2, 0.25) is 10.0 Å². The van der Waals surface area contributed by atoms with Crippen LogP contribution in [-0.4, -0.2) is 107 Å². The molecule has 2 aliphatic carbocycles. The monoisotopic (exact) mass is 862 g/mol. The quantitative estimate of drug-likeness (QED) is 0.0966. The molecule has 1 aliphatic heterocycles.